The van der Waals surface area contributed by atoms with E-state index in [1.54, 1.807) is 31.2 Å². The molecule has 0 fully saturated rings. The summed E-state index contributed by atoms with van der Waals surface area (Å²) < 4.78 is 15.4. The van der Waals surface area contributed by atoms with Gasteiger partial charge in [-0.25, -0.2) is 4.79 Å². The number of rotatable bonds is 8. The van der Waals surface area contributed by atoms with Crippen LogP contribution in [0.25, 0.3) is 0 Å². The van der Waals surface area contributed by atoms with Crippen LogP contribution < -0.4 is 10.1 Å². The Hall–Kier alpha value is -2.86. The molecule has 0 heterocycles. The summed E-state index contributed by atoms with van der Waals surface area (Å²) in [4.78, 5) is 24.2. The highest BCUT2D eigenvalue weighted by atomic mass is 16.6. The van der Waals surface area contributed by atoms with Gasteiger partial charge >= 0.3 is 5.97 Å². The van der Waals surface area contributed by atoms with Crippen LogP contribution in [-0.2, 0) is 14.3 Å². The average molecular weight is 371 g/mol. The summed E-state index contributed by atoms with van der Waals surface area (Å²) in [7, 11) is 1.53. The summed E-state index contributed by atoms with van der Waals surface area (Å²) in [6.07, 6.45) is -0.753. The zero-order chi connectivity index (χ0) is 19.8. The summed E-state index contributed by atoms with van der Waals surface area (Å²) in [5.74, 6) is -0.194. The van der Waals surface area contributed by atoms with Crippen LogP contribution >= 0.6 is 0 Å². The molecule has 1 atom stereocenters. The molecule has 0 aliphatic rings. The third-order valence-electron chi connectivity index (χ3n) is 4.15. The molecular weight excluding hydrogens is 346 g/mol. The van der Waals surface area contributed by atoms with E-state index in [0.717, 1.165) is 16.8 Å². The fourth-order valence-corrected chi connectivity index (χ4v) is 2.36. The molecule has 0 aromatic heterocycles. The summed E-state index contributed by atoms with van der Waals surface area (Å²) >= 11 is 0. The number of benzene rings is 2. The van der Waals surface area contributed by atoms with Crippen LogP contribution in [0, 0.1) is 13.8 Å². The number of carbonyl (C=O) groups is 2. The lowest BCUT2D eigenvalue weighted by atomic mass is 10.1. The standard InChI is InChI=1S/C21H25NO5/c1-14-6-5-7-19(15(14)2)22-20(23)17-8-10-18(11-9-17)27-16(3)21(24)26-13-12-25-4/h5-11,16H,12-13H2,1-4H3,(H,22,23)/t16-/m1/s1. The summed E-state index contributed by atoms with van der Waals surface area (Å²) in [5.41, 5.74) is 3.43. The highest BCUT2D eigenvalue weighted by molar-refractivity contribution is 6.04. The molecule has 144 valence electrons. The molecule has 0 aliphatic carbocycles. The van der Waals surface area contributed by atoms with Crippen LogP contribution in [0.2, 0.25) is 0 Å². The lowest BCUT2D eigenvalue weighted by Crippen LogP contribution is -2.27. The molecule has 0 spiro atoms. The van der Waals surface area contributed by atoms with Crippen molar-refractivity contribution < 1.29 is 23.8 Å². The van der Waals surface area contributed by atoms with Crippen LogP contribution in [0.1, 0.15) is 28.4 Å². The molecule has 0 saturated heterocycles. The highest BCUT2D eigenvalue weighted by Crippen LogP contribution is 2.20. The number of esters is 1. The van der Waals surface area contributed by atoms with Crippen molar-refractivity contribution in [3.05, 3.63) is 59.2 Å². The Balaban J connectivity index is 1.95. The number of hydrogen-bond donors (Lipinski definition) is 1. The molecule has 1 amide bonds. The third-order valence-corrected chi connectivity index (χ3v) is 4.15. The van der Waals surface area contributed by atoms with Gasteiger partial charge in [0.15, 0.2) is 6.10 Å². The maximum atomic E-state index is 12.4. The largest absolute Gasteiger partial charge is 0.479 e. The molecule has 0 bridgehead atoms. The SMILES string of the molecule is COCCOC(=O)[C@@H](C)Oc1ccc(C(=O)Nc2cccc(C)c2C)cc1. The minimum Gasteiger partial charge on any atom is -0.479 e. The molecular formula is C21H25NO5. The number of anilines is 1. The van der Waals surface area contributed by atoms with Gasteiger partial charge in [-0.05, 0) is 62.2 Å². The lowest BCUT2D eigenvalue weighted by molar-refractivity contribution is -0.152. The fraction of sp³-hybridized carbons (Fsp3) is 0.333. The zero-order valence-electron chi connectivity index (χ0n) is 16.1. The third kappa shape index (κ3) is 5.82. The fourth-order valence-electron chi connectivity index (χ4n) is 2.36. The minimum atomic E-state index is -0.753. The molecule has 2 aromatic carbocycles. The first-order chi connectivity index (χ1) is 12.9. The van der Waals surface area contributed by atoms with Crippen LogP contribution in [-0.4, -0.2) is 38.3 Å². The van der Waals surface area contributed by atoms with Gasteiger partial charge in [0.05, 0.1) is 6.61 Å². The molecule has 0 radical (unpaired) electrons. The Labute approximate surface area is 159 Å². The van der Waals surface area contributed by atoms with Gasteiger partial charge in [-0.2, -0.15) is 0 Å². The van der Waals surface area contributed by atoms with Crippen molar-refractivity contribution >= 4 is 17.6 Å². The second-order valence-corrected chi connectivity index (χ2v) is 6.15. The Bertz CT molecular complexity index is 786. The molecule has 6 heteroatoms. The molecule has 2 rings (SSSR count). The molecule has 0 saturated carbocycles. The molecule has 27 heavy (non-hydrogen) atoms. The lowest BCUT2D eigenvalue weighted by Gasteiger charge is -2.14. The van der Waals surface area contributed by atoms with Crippen molar-refractivity contribution in [1.82, 2.24) is 0 Å². The zero-order valence-corrected chi connectivity index (χ0v) is 16.1. The molecule has 2 aromatic rings. The Morgan fingerprint density at radius 2 is 1.74 bits per heavy atom. The topological polar surface area (TPSA) is 73.9 Å². The van der Waals surface area contributed by atoms with Crippen LogP contribution in [0.4, 0.5) is 5.69 Å². The van der Waals surface area contributed by atoms with Crippen LogP contribution in [0.3, 0.4) is 0 Å². The number of hydrogen-bond acceptors (Lipinski definition) is 5. The van der Waals surface area contributed by atoms with Gasteiger partial charge in [0.25, 0.3) is 5.91 Å². The van der Waals surface area contributed by atoms with Crippen molar-refractivity contribution in [2.24, 2.45) is 0 Å². The van der Waals surface area contributed by atoms with Gasteiger partial charge < -0.3 is 19.5 Å². The number of amides is 1. The molecule has 6 nitrogen and oxygen atoms in total. The van der Waals surface area contributed by atoms with Crippen molar-refractivity contribution in [1.29, 1.82) is 0 Å². The Morgan fingerprint density at radius 3 is 2.41 bits per heavy atom. The van der Waals surface area contributed by atoms with Gasteiger partial charge in [0.2, 0.25) is 0 Å². The first kappa shape index (κ1) is 20.5. The highest BCUT2D eigenvalue weighted by Gasteiger charge is 2.16. The minimum absolute atomic E-state index is 0.181. The summed E-state index contributed by atoms with van der Waals surface area (Å²) in [5, 5.41) is 2.91. The summed E-state index contributed by atoms with van der Waals surface area (Å²) in [6.45, 7) is 6.09. The first-order valence-corrected chi connectivity index (χ1v) is 8.72. The van der Waals surface area contributed by atoms with E-state index in [0.29, 0.717) is 17.9 Å². The monoisotopic (exact) mass is 371 g/mol. The van der Waals surface area contributed by atoms with E-state index in [9.17, 15) is 9.59 Å². The summed E-state index contributed by atoms with van der Waals surface area (Å²) in [6, 6.07) is 12.4. The van der Waals surface area contributed by atoms with Crippen molar-refractivity contribution in [3.63, 3.8) is 0 Å². The number of ether oxygens (including phenoxy) is 3. The number of methoxy groups -OCH3 is 1. The van der Waals surface area contributed by atoms with E-state index in [1.807, 2.05) is 32.0 Å². The Kier molecular flexibility index (Phi) is 7.37. The van der Waals surface area contributed by atoms with E-state index in [4.69, 9.17) is 14.2 Å². The van der Waals surface area contributed by atoms with Gasteiger partial charge in [-0.3, -0.25) is 4.79 Å². The predicted octanol–water partition coefficient (Wildman–Crippen LogP) is 3.51. The normalized spacial score (nSPS) is 11.6. The second-order valence-electron chi connectivity index (χ2n) is 6.15. The predicted molar refractivity (Wildman–Crippen MR) is 103 cm³/mol. The van der Waals surface area contributed by atoms with Gasteiger partial charge in [-0.15, -0.1) is 0 Å². The van der Waals surface area contributed by atoms with E-state index in [1.165, 1.54) is 7.11 Å². The van der Waals surface area contributed by atoms with E-state index in [2.05, 4.69) is 5.32 Å². The number of nitrogens with one attached hydrogen (secondary N) is 1. The molecule has 0 unspecified atom stereocenters. The van der Waals surface area contributed by atoms with E-state index in [-0.39, 0.29) is 12.5 Å². The quantitative estimate of drug-likeness (QED) is 0.568. The van der Waals surface area contributed by atoms with E-state index >= 15 is 0 Å². The van der Waals surface area contributed by atoms with Gasteiger partial charge in [-0.1, -0.05) is 12.1 Å². The maximum Gasteiger partial charge on any atom is 0.347 e. The average Bonchev–Trinajstić information content (AvgIpc) is 2.66. The van der Waals surface area contributed by atoms with E-state index < -0.39 is 12.1 Å². The molecule has 1 N–H and O–H groups in total. The Morgan fingerprint density at radius 1 is 1.04 bits per heavy atom. The number of aryl methyl sites for hydroxylation is 1. The van der Waals surface area contributed by atoms with Crippen LogP contribution in [0.5, 0.6) is 5.75 Å². The van der Waals surface area contributed by atoms with Gasteiger partial charge in [0.1, 0.15) is 12.4 Å². The smallest absolute Gasteiger partial charge is 0.347 e. The number of carbonyl (C=O) groups excluding carboxylic acids is 2. The van der Waals surface area contributed by atoms with Crippen LogP contribution in [0.15, 0.2) is 42.5 Å². The van der Waals surface area contributed by atoms with Crippen molar-refractivity contribution in [2.45, 2.75) is 26.9 Å². The van der Waals surface area contributed by atoms with Gasteiger partial charge in [0, 0.05) is 18.4 Å². The second kappa shape index (κ2) is 9.73. The maximum absolute atomic E-state index is 12.4. The van der Waals surface area contributed by atoms with Crippen molar-refractivity contribution in [3.8, 4) is 5.75 Å². The van der Waals surface area contributed by atoms with Crippen molar-refractivity contribution in [2.75, 3.05) is 25.6 Å². The first-order valence-electron chi connectivity index (χ1n) is 8.72. The molecule has 0 aliphatic heterocycles.